The maximum Gasteiger partial charge on any atom is 0.311 e. The van der Waals surface area contributed by atoms with Gasteiger partial charge in [0.2, 0.25) is 0 Å². The molecule has 4 nitrogen and oxygen atoms in total. The molecule has 76 valence electrons. The van der Waals surface area contributed by atoms with E-state index < -0.39 is 5.24 Å². The van der Waals surface area contributed by atoms with Crippen LogP contribution in [0.1, 0.15) is 16.2 Å². The summed E-state index contributed by atoms with van der Waals surface area (Å²) in [5.41, 5.74) is 1.06. The highest BCUT2D eigenvalue weighted by molar-refractivity contribution is 6.67. The average molecular weight is 216 g/mol. The third-order valence-corrected chi connectivity index (χ3v) is 2.17. The molecule has 0 fully saturated rings. The Balaban J connectivity index is 2.90. The highest BCUT2D eigenvalue weighted by Crippen LogP contribution is 2.10. The van der Waals surface area contributed by atoms with Gasteiger partial charge in [-0.15, -0.1) is 0 Å². The summed E-state index contributed by atoms with van der Waals surface area (Å²) in [7, 11) is 2.99. The fourth-order valence-corrected chi connectivity index (χ4v) is 1.34. The number of hydrogen-bond donors (Lipinski definition) is 0. The third-order valence-electron chi connectivity index (χ3n) is 1.98. The van der Waals surface area contributed by atoms with Gasteiger partial charge in [0.25, 0.3) is 5.24 Å². The second kappa shape index (κ2) is 4.28. The number of rotatable bonds is 3. The zero-order valence-corrected chi connectivity index (χ0v) is 8.67. The third kappa shape index (κ3) is 2.14. The lowest BCUT2D eigenvalue weighted by Crippen LogP contribution is -2.10. The zero-order chi connectivity index (χ0) is 10.7. The number of aromatic nitrogens is 1. The summed E-state index contributed by atoms with van der Waals surface area (Å²) in [6.07, 6.45) is 0.136. The maximum absolute atomic E-state index is 11.0. The minimum absolute atomic E-state index is 0.136. The number of hydrogen-bond acceptors (Lipinski definition) is 3. The molecule has 0 bridgehead atoms. The van der Waals surface area contributed by atoms with Crippen LogP contribution in [0.2, 0.25) is 0 Å². The van der Waals surface area contributed by atoms with E-state index in [1.165, 1.54) is 7.11 Å². The number of ether oxygens (including phenoxy) is 1. The van der Waals surface area contributed by atoms with Crippen molar-refractivity contribution >= 4 is 22.8 Å². The molecule has 0 radical (unpaired) electrons. The van der Waals surface area contributed by atoms with Crippen LogP contribution in [-0.2, 0) is 23.0 Å². The van der Waals surface area contributed by atoms with Gasteiger partial charge >= 0.3 is 5.97 Å². The van der Waals surface area contributed by atoms with Crippen LogP contribution in [0.4, 0.5) is 0 Å². The molecule has 0 spiro atoms. The molecule has 0 saturated carbocycles. The lowest BCUT2D eigenvalue weighted by Gasteiger charge is -2.03. The first-order valence-corrected chi connectivity index (χ1v) is 4.35. The van der Waals surface area contributed by atoms with Crippen LogP contribution in [0.15, 0.2) is 12.1 Å². The molecule has 14 heavy (non-hydrogen) atoms. The molecule has 1 aromatic heterocycles. The lowest BCUT2D eigenvalue weighted by atomic mass is 10.3. The molecule has 1 rings (SSSR count). The van der Waals surface area contributed by atoms with E-state index in [1.54, 1.807) is 23.7 Å². The van der Waals surface area contributed by atoms with Crippen LogP contribution in [0.25, 0.3) is 0 Å². The number of carbonyl (C=O) groups is 2. The van der Waals surface area contributed by atoms with E-state index in [2.05, 4.69) is 4.74 Å². The van der Waals surface area contributed by atoms with E-state index in [9.17, 15) is 9.59 Å². The monoisotopic (exact) mass is 215 g/mol. The van der Waals surface area contributed by atoms with E-state index in [0.717, 1.165) is 0 Å². The second-order valence-corrected chi connectivity index (χ2v) is 3.14. The highest BCUT2D eigenvalue weighted by atomic mass is 35.5. The van der Waals surface area contributed by atoms with Gasteiger partial charge in [-0.2, -0.15) is 0 Å². The van der Waals surface area contributed by atoms with E-state index in [0.29, 0.717) is 11.4 Å². The van der Waals surface area contributed by atoms with E-state index in [1.807, 2.05) is 0 Å². The second-order valence-electron chi connectivity index (χ2n) is 2.80. The van der Waals surface area contributed by atoms with E-state index >= 15 is 0 Å². The molecule has 0 aliphatic rings. The maximum atomic E-state index is 11.0. The smallest absolute Gasteiger partial charge is 0.311 e. The summed E-state index contributed by atoms with van der Waals surface area (Å²) in [4.78, 5) is 21.8. The highest BCUT2D eigenvalue weighted by Gasteiger charge is 2.12. The molecule has 0 N–H and O–H groups in total. The van der Waals surface area contributed by atoms with E-state index in [-0.39, 0.29) is 12.4 Å². The first kappa shape index (κ1) is 10.8. The summed E-state index contributed by atoms with van der Waals surface area (Å²) in [5.74, 6) is -0.347. The van der Waals surface area contributed by atoms with Crippen LogP contribution < -0.4 is 0 Å². The fraction of sp³-hybridized carbons (Fsp3) is 0.333. The van der Waals surface area contributed by atoms with Crippen molar-refractivity contribution in [1.29, 1.82) is 0 Å². The number of halogens is 1. The van der Waals surface area contributed by atoms with Crippen molar-refractivity contribution in [3.8, 4) is 0 Å². The molecule has 0 unspecified atom stereocenters. The molecule has 1 heterocycles. The summed E-state index contributed by atoms with van der Waals surface area (Å²) < 4.78 is 6.08. The Morgan fingerprint density at radius 3 is 2.57 bits per heavy atom. The molecule has 0 aliphatic carbocycles. The van der Waals surface area contributed by atoms with Crippen LogP contribution >= 0.6 is 11.6 Å². The summed E-state index contributed by atoms with van der Waals surface area (Å²) in [6, 6.07) is 3.25. The summed E-state index contributed by atoms with van der Waals surface area (Å²) in [6.45, 7) is 0. The van der Waals surface area contributed by atoms with Crippen molar-refractivity contribution in [1.82, 2.24) is 4.57 Å². The van der Waals surface area contributed by atoms with Crippen molar-refractivity contribution < 1.29 is 14.3 Å². The minimum Gasteiger partial charge on any atom is -0.469 e. The molecule has 1 aromatic rings. The van der Waals surface area contributed by atoms with Crippen molar-refractivity contribution in [3.63, 3.8) is 0 Å². The van der Waals surface area contributed by atoms with Gasteiger partial charge in [-0.3, -0.25) is 9.59 Å². The fourth-order valence-electron chi connectivity index (χ4n) is 1.15. The largest absolute Gasteiger partial charge is 0.469 e. The van der Waals surface area contributed by atoms with Crippen LogP contribution in [0.5, 0.6) is 0 Å². The summed E-state index contributed by atoms with van der Waals surface area (Å²) in [5, 5.41) is -0.538. The first-order chi connectivity index (χ1) is 6.56. The van der Waals surface area contributed by atoms with Gasteiger partial charge in [0.05, 0.1) is 13.5 Å². The van der Waals surface area contributed by atoms with Crippen molar-refractivity contribution in [3.05, 3.63) is 23.5 Å². The lowest BCUT2D eigenvalue weighted by molar-refractivity contribution is -0.139. The van der Waals surface area contributed by atoms with Crippen molar-refractivity contribution in [2.75, 3.05) is 7.11 Å². The molecular weight excluding hydrogens is 206 g/mol. The number of methoxy groups -OCH3 is 1. The van der Waals surface area contributed by atoms with Gasteiger partial charge in [-0.05, 0) is 23.7 Å². The van der Waals surface area contributed by atoms with Crippen molar-refractivity contribution in [2.24, 2.45) is 7.05 Å². The number of carbonyl (C=O) groups excluding carboxylic acids is 2. The Kier molecular flexibility index (Phi) is 3.30. The molecule has 0 aromatic carbocycles. The molecular formula is C9H10ClNO3. The molecule has 0 saturated heterocycles. The number of esters is 1. The number of nitrogens with zero attached hydrogens (tertiary/aromatic N) is 1. The standard InChI is InChI=1S/C9H10ClNO3/c1-11-6(5-8(12)14-2)3-4-7(11)9(10)13/h3-4H,5H2,1-2H3. The van der Waals surface area contributed by atoms with Crippen molar-refractivity contribution in [2.45, 2.75) is 6.42 Å². The van der Waals surface area contributed by atoms with Gasteiger partial charge in [0.15, 0.2) is 0 Å². The summed E-state index contributed by atoms with van der Waals surface area (Å²) >= 11 is 5.32. The van der Waals surface area contributed by atoms with Gasteiger partial charge in [-0.25, -0.2) is 0 Å². The molecule has 0 atom stereocenters. The SMILES string of the molecule is COC(=O)Cc1ccc(C(=O)Cl)n1C. The van der Waals surface area contributed by atoms with Gasteiger partial charge < -0.3 is 9.30 Å². The zero-order valence-electron chi connectivity index (χ0n) is 7.91. The predicted molar refractivity (Wildman–Crippen MR) is 51.3 cm³/mol. The Hall–Kier alpha value is -1.29. The van der Waals surface area contributed by atoms with Gasteiger partial charge in [-0.1, -0.05) is 0 Å². The molecule has 0 aliphatic heterocycles. The Labute approximate surface area is 86.4 Å². The average Bonchev–Trinajstić information content (AvgIpc) is 2.48. The minimum atomic E-state index is -0.538. The Bertz CT molecular complexity index is 370. The Morgan fingerprint density at radius 1 is 1.50 bits per heavy atom. The van der Waals surface area contributed by atoms with Crippen LogP contribution in [0.3, 0.4) is 0 Å². The quantitative estimate of drug-likeness (QED) is 0.561. The predicted octanol–water partition coefficient (Wildman–Crippen LogP) is 1.12. The van der Waals surface area contributed by atoms with Gasteiger partial charge in [0.1, 0.15) is 5.69 Å². The topological polar surface area (TPSA) is 48.3 Å². The normalized spacial score (nSPS) is 9.93. The van der Waals surface area contributed by atoms with Crippen LogP contribution in [0, 0.1) is 0 Å². The molecule has 0 amide bonds. The van der Waals surface area contributed by atoms with Gasteiger partial charge in [0, 0.05) is 12.7 Å². The van der Waals surface area contributed by atoms with E-state index in [4.69, 9.17) is 11.6 Å². The molecule has 5 heteroatoms. The van der Waals surface area contributed by atoms with Crippen LogP contribution in [-0.4, -0.2) is 22.9 Å². The first-order valence-electron chi connectivity index (χ1n) is 3.97. The Morgan fingerprint density at radius 2 is 2.14 bits per heavy atom.